The van der Waals surface area contributed by atoms with Crippen LogP contribution in [0.3, 0.4) is 0 Å². The summed E-state index contributed by atoms with van der Waals surface area (Å²) in [5, 5.41) is 5.16. The Morgan fingerprint density at radius 2 is 1.93 bits per heavy atom. The lowest BCUT2D eigenvalue weighted by Gasteiger charge is -2.05. The highest BCUT2D eigenvalue weighted by atomic mass is 16.1. The number of nitrogens with two attached hydrogens (primary N) is 2. The van der Waals surface area contributed by atoms with Gasteiger partial charge in [0.25, 0.3) is 0 Å². The first-order valence-corrected chi connectivity index (χ1v) is 4.03. The van der Waals surface area contributed by atoms with Crippen molar-refractivity contribution in [2.45, 2.75) is 0 Å². The molecular formula is C7H11N7O. The summed E-state index contributed by atoms with van der Waals surface area (Å²) in [5.41, 5.74) is 10.7. The molecule has 0 aliphatic carbocycles. The predicted molar refractivity (Wildman–Crippen MR) is 55.5 cm³/mol. The SMILES string of the molecule is C=CC(=O)NCNc1nc(N)nc(N)n1. The van der Waals surface area contributed by atoms with Gasteiger partial charge in [0, 0.05) is 0 Å². The number of carbonyl (C=O) groups excluding carboxylic acids is 1. The van der Waals surface area contributed by atoms with E-state index in [9.17, 15) is 4.79 Å². The van der Waals surface area contributed by atoms with E-state index in [1.54, 1.807) is 0 Å². The number of amides is 1. The van der Waals surface area contributed by atoms with E-state index in [0.29, 0.717) is 0 Å². The molecule has 6 N–H and O–H groups in total. The lowest BCUT2D eigenvalue weighted by atomic mass is 10.6. The first-order chi connectivity index (χ1) is 7.11. The van der Waals surface area contributed by atoms with Crippen LogP contribution >= 0.6 is 0 Å². The molecule has 0 unspecified atom stereocenters. The lowest BCUT2D eigenvalue weighted by molar-refractivity contribution is -0.116. The van der Waals surface area contributed by atoms with Gasteiger partial charge in [0.15, 0.2) is 0 Å². The summed E-state index contributed by atoms with van der Waals surface area (Å²) < 4.78 is 0. The van der Waals surface area contributed by atoms with E-state index in [1.165, 1.54) is 0 Å². The maximum atomic E-state index is 10.8. The van der Waals surface area contributed by atoms with Crippen LogP contribution in [0.4, 0.5) is 17.8 Å². The Morgan fingerprint density at radius 3 is 2.47 bits per heavy atom. The molecule has 1 aromatic heterocycles. The topological polar surface area (TPSA) is 132 Å². The van der Waals surface area contributed by atoms with Crippen LogP contribution in [0.2, 0.25) is 0 Å². The first-order valence-electron chi connectivity index (χ1n) is 4.03. The summed E-state index contributed by atoms with van der Waals surface area (Å²) in [6, 6.07) is 0. The third-order valence-corrected chi connectivity index (χ3v) is 1.36. The second-order valence-electron chi connectivity index (χ2n) is 2.47. The Hall–Kier alpha value is -2.38. The maximum absolute atomic E-state index is 10.8. The summed E-state index contributed by atoms with van der Waals surface area (Å²) >= 11 is 0. The Morgan fingerprint density at radius 1 is 1.33 bits per heavy atom. The molecule has 1 heterocycles. The number of hydrogen-bond acceptors (Lipinski definition) is 7. The number of carbonyl (C=O) groups is 1. The van der Waals surface area contributed by atoms with E-state index in [0.717, 1.165) is 6.08 Å². The summed E-state index contributed by atoms with van der Waals surface area (Å²) in [6.07, 6.45) is 1.15. The molecule has 0 saturated heterocycles. The molecule has 0 saturated carbocycles. The number of nitrogen functional groups attached to an aromatic ring is 2. The molecule has 0 spiro atoms. The number of rotatable bonds is 4. The van der Waals surface area contributed by atoms with Gasteiger partial charge in [-0.15, -0.1) is 0 Å². The molecule has 0 aromatic carbocycles. The van der Waals surface area contributed by atoms with Gasteiger partial charge in [-0.3, -0.25) is 4.79 Å². The number of nitrogens with zero attached hydrogens (tertiary/aromatic N) is 3. The van der Waals surface area contributed by atoms with Crippen molar-refractivity contribution in [1.82, 2.24) is 20.3 Å². The van der Waals surface area contributed by atoms with Crippen LogP contribution < -0.4 is 22.1 Å². The number of nitrogens with one attached hydrogen (secondary N) is 2. The van der Waals surface area contributed by atoms with Crippen molar-refractivity contribution < 1.29 is 4.79 Å². The molecule has 15 heavy (non-hydrogen) atoms. The molecule has 8 heteroatoms. The van der Waals surface area contributed by atoms with Crippen LogP contribution in [-0.4, -0.2) is 27.5 Å². The van der Waals surface area contributed by atoms with Crippen molar-refractivity contribution in [3.05, 3.63) is 12.7 Å². The molecule has 0 fully saturated rings. The molecule has 0 atom stereocenters. The van der Waals surface area contributed by atoms with Crippen molar-refractivity contribution in [2.75, 3.05) is 23.5 Å². The van der Waals surface area contributed by atoms with E-state index >= 15 is 0 Å². The molecule has 1 aromatic rings. The molecule has 1 amide bonds. The number of anilines is 3. The van der Waals surface area contributed by atoms with Crippen molar-refractivity contribution in [3.8, 4) is 0 Å². The summed E-state index contributed by atoms with van der Waals surface area (Å²) in [4.78, 5) is 21.8. The third kappa shape index (κ3) is 3.46. The molecule has 0 bridgehead atoms. The summed E-state index contributed by atoms with van der Waals surface area (Å²) in [7, 11) is 0. The highest BCUT2D eigenvalue weighted by molar-refractivity contribution is 5.86. The van der Waals surface area contributed by atoms with Gasteiger partial charge >= 0.3 is 0 Å². The van der Waals surface area contributed by atoms with Gasteiger partial charge in [0.1, 0.15) is 0 Å². The molecule has 80 valence electrons. The smallest absolute Gasteiger partial charge is 0.244 e. The Labute approximate surface area is 85.8 Å². The van der Waals surface area contributed by atoms with Gasteiger partial charge in [-0.2, -0.15) is 15.0 Å². The molecule has 8 nitrogen and oxygen atoms in total. The minimum Gasteiger partial charge on any atom is -0.368 e. The van der Waals surface area contributed by atoms with E-state index in [-0.39, 0.29) is 30.4 Å². The lowest BCUT2D eigenvalue weighted by Crippen LogP contribution is -2.28. The van der Waals surface area contributed by atoms with Crippen molar-refractivity contribution in [1.29, 1.82) is 0 Å². The zero-order valence-corrected chi connectivity index (χ0v) is 7.90. The highest BCUT2D eigenvalue weighted by Crippen LogP contribution is 2.01. The zero-order valence-electron chi connectivity index (χ0n) is 7.90. The number of hydrogen-bond donors (Lipinski definition) is 4. The minimum atomic E-state index is -0.308. The van der Waals surface area contributed by atoms with Gasteiger partial charge in [-0.05, 0) is 6.08 Å². The second-order valence-corrected chi connectivity index (χ2v) is 2.47. The second kappa shape index (κ2) is 4.74. The van der Waals surface area contributed by atoms with Crippen molar-refractivity contribution >= 4 is 23.8 Å². The average molecular weight is 209 g/mol. The van der Waals surface area contributed by atoms with Crippen LogP contribution in [0.1, 0.15) is 0 Å². The Kier molecular flexibility index (Phi) is 3.38. The quantitative estimate of drug-likeness (QED) is 0.358. The van der Waals surface area contributed by atoms with Gasteiger partial charge in [-0.25, -0.2) is 0 Å². The van der Waals surface area contributed by atoms with E-state index in [2.05, 4.69) is 32.2 Å². The normalized spacial score (nSPS) is 9.33. The molecule has 0 radical (unpaired) electrons. The van der Waals surface area contributed by atoms with Crippen molar-refractivity contribution in [2.24, 2.45) is 0 Å². The fourth-order valence-electron chi connectivity index (χ4n) is 0.771. The fraction of sp³-hybridized carbons (Fsp3) is 0.143. The van der Waals surface area contributed by atoms with Gasteiger partial charge in [0.2, 0.25) is 23.8 Å². The summed E-state index contributed by atoms with van der Waals surface area (Å²) in [5.74, 6) is -0.0815. The monoisotopic (exact) mass is 209 g/mol. The molecule has 0 aliphatic rings. The molecule has 1 rings (SSSR count). The van der Waals surface area contributed by atoms with Crippen LogP contribution in [-0.2, 0) is 4.79 Å². The van der Waals surface area contributed by atoms with Gasteiger partial charge in [0.05, 0.1) is 6.67 Å². The van der Waals surface area contributed by atoms with Crippen molar-refractivity contribution in [3.63, 3.8) is 0 Å². The highest BCUT2D eigenvalue weighted by Gasteiger charge is 2.00. The number of aromatic nitrogens is 3. The standard InChI is InChI=1S/C7H11N7O/c1-2-4(15)10-3-11-7-13-5(8)12-6(9)14-7/h2H,1,3H2,(H,10,15)(H5,8,9,11,12,13,14). The zero-order chi connectivity index (χ0) is 11.3. The fourth-order valence-corrected chi connectivity index (χ4v) is 0.771. The first kappa shape index (κ1) is 10.7. The summed E-state index contributed by atoms with van der Waals surface area (Å²) in [6.45, 7) is 3.44. The maximum Gasteiger partial charge on any atom is 0.244 e. The van der Waals surface area contributed by atoms with Crippen LogP contribution in [0, 0.1) is 0 Å². The largest absolute Gasteiger partial charge is 0.368 e. The predicted octanol–water partition coefficient (Wildman–Crippen LogP) is -1.29. The van der Waals surface area contributed by atoms with Crippen LogP contribution in [0.5, 0.6) is 0 Å². The van der Waals surface area contributed by atoms with E-state index < -0.39 is 0 Å². The third-order valence-electron chi connectivity index (χ3n) is 1.36. The van der Waals surface area contributed by atoms with Gasteiger partial charge < -0.3 is 22.1 Å². The van der Waals surface area contributed by atoms with Crippen LogP contribution in [0.25, 0.3) is 0 Å². The van der Waals surface area contributed by atoms with Gasteiger partial charge in [-0.1, -0.05) is 6.58 Å². The van der Waals surface area contributed by atoms with E-state index in [4.69, 9.17) is 11.5 Å². The van der Waals surface area contributed by atoms with E-state index in [1.807, 2.05) is 0 Å². The molecular weight excluding hydrogens is 198 g/mol. The van der Waals surface area contributed by atoms with Crippen LogP contribution in [0.15, 0.2) is 12.7 Å². The minimum absolute atomic E-state index is 0.0139. The Balaban J connectivity index is 2.50. The molecule has 0 aliphatic heterocycles. The average Bonchev–Trinajstić information content (AvgIpc) is 2.16. The Bertz CT molecular complexity index is 357.